The number of Topliss-reactive ketones (excluding diaryl/α,β-unsaturated/α-hetero) is 1. The average molecular weight is 493 g/mol. The third-order valence-electron chi connectivity index (χ3n) is 5.30. The summed E-state index contributed by atoms with van der Waals surface area (Å²) in [4.78, 5) is 39.4. The first-order chi connectivity index (χ1) is 15.7. The fraction of sp³-hybridized carbons (Fsp3) is 0.455. The van der Waals surface area contributed by atoms with Gasteiger partial charge in [0.1, 0.15) is 12.1 Å². The van der Waals surface area contributed by atoms with Crippen molar-refractivity contribution in [3.05, 3.63) is 47.0 Å². The highest BCUT2D eigenvalue weighted by molar-refractivity contribution is 7.89. The molecular formula is C22H28N4O5S2. The zero-order valence-corrected chi connectivity index (χ0v) is 20.2. The van der Waals surface area contributed by atoms with Gasteiger partial charge in [-0.1, -0.05) is 32.0 Å². The number of aryl methyl sites for hydroxylation is 1. The molecule has 0 radical (unpaired) electrons. The molecule has 2 amide bonds. The summed E-state index contributed by atoms with van der Waals surface area (Å²) < 4.78 is 32.3. The van der Waals surface area contributed by atoms with Gasteiger partial charge in [0.2, 0.25) is 21.7 Å². The molecule has 33 heavy (non-hydrogen) atoms. The molecule has 1 aliphatic heterocycles. The van der Waals surface area contributed by atoms with Crippen molar-refractivity contribution in [3.63, 3.8) is 0 Å². The van der Waals surface area contributed by atoms with E-state index in [0.29, 0.717) is 12.2 Å². The molecule has 3 rings (SSSR count). The SMILES string of the molecule is CC(C)C(NS(=O)(=O)c1ccccc1)C(=O)NC1Cc2cc(sn2)CCCCNC(=O)C1=O. The summed E-state index contributed by atoms with van der Waals surface area (Å²) >= 11 is 1.34. The van der Waals surface area contributed by atoms with E-state index in [9.17, 15) is 22.8 Å². The smallest absolute Gasteiger partial charge is 0.289 e. The van der Waals surface area contributed by atoms with Crippen LogP contribution in [0.5, 0.6) is 0 Å². The van der Waals surface area contributed by atoms with E-state index in [1.54, 1.807) is 32.0 Å². The Kier molecular flexibility index (Phi) is 8.33. The van der Waals surface area contributed by atoms with Gasteiger partial charge in [0.15, 0.2) is 0 Å². The van der Waals surface area contributed by atoms with Crippen molar-refractivity contribution >= 4 is 39.2 Å². The number of fused-ring (bicyclic) bond motifs is 2. The first-order valence-electron chi connectivity index (χ1n) is 10.8. The van der Waals surface area contributed by atoms with Gasteiger partial charge in [-0.05, 0) is 54.9 Å². The van der Waals surface area contributed by atoms with Gasteiger partial charge < -0.3 is 10.6 Å². The molecule has 11 heteroatoms. The molecule has 9 nitrogen and oxygen atoms in total. The summed E-state index contributed by atoms with van der Waals surface area (Å²) in [5.41, 5.74) is 0.605. The maximum atomic E-state index is 13.1. The van der Waals surface area contributed by atoms with Crippen LogP contribution in [-0.4, -0.2) is 49.0 Å². The molecule has 1 aromatic heterocycles. The molecule has 2 aromatic rings. The Hall–Kier alpha value is -2.63. The Morgan fingerprint density at radius 2 is 1.91 bits per heavy atom. The number of rotatable bonds is 6. The van der Waals surface area contributed by atoms with Crippen LogP contribution in [0, 0.1) is 5.92 Å². The van der Waals surface area contributed by atoms with Gasteiger partial charge in [-0.2, -0.15) is 9.10 Å². The average Bonchev–Trinajstić information content (AvgIpc) is 3.23. The van der Waals surface area contributed by atoms with Crippen molar-refractivity contribution in [1.29, 1.82) is 0 Å². The highest BCUT2D eigenvalue weighted by Gasteiger charge is 2.33. The molecule has 2 bridgehead atoms. The molecule has 0 saturated carbocycles. The Morgan fingerprint density at radius 3 is 2.61 bits per heavy atom. The Morgan fingerprint density at radius 1 is 1.18 bits per heavy atom. The normalized spacial score (nSPS) is 18.7. The second-order valence-electron chi connectivity index (χ2n) is 8.28. The summed E-state index contributed by atoms with van der Waals surface area (Å²) in [5.74, 6) is -2.66. The third-order valence-corrected chi connectivity index (χ3v) is 7.64. The molecule has 1 aliphatic rings. The van der Waals surface area contributed by atoms with Crippen LogP contribution in [0.15, 0.2) is 41.3 Å². The number of nitrogens with zero attached hydrogens (tertiary/aromatic N) is 1. The van der Waals surface area contributed by atoms with Gasteiger partial charge in [-0.3, -0.25) is 14.4 Å². The fourth-order valence-corrected chi connectivity index (χ4v) is 5.60. The van der Waals surface area contributed by atoms with Crippen molar-refractivity contribution in [2.75, 3.05) is 6.54 Å². The predicted molar refractivity (Wildman–Crippen MR) is 124 cm³/mol. The quantitative estimate of drug-likeness (QED) is 0.519. The molecule has 0 aliphatic carbocycles. The predicted octanol–water partition coefficient (Wildman–Crippen LogP) is 1.20. The Balaban J connectivity index is 1.81. The van der Waals surface area contributed by atoms with Crippen molar-refractivity contribution in [3.8, 4) is 0 Å². The second kappa shape index (κ2) is 11.0. The lowest BCUT2D eigenvalue weighted by Gasteiger charge is -2.24. The zero-order chi connectivity index (χ0) is 24.0. The van der Waals surface area contributed by atoms with Crippen LogP contribution in [-0.2, 0) is 37.2 Å². The lowest BCUT2D eigenvalue weighted by Crippen LogP contribution is -2.56. The summed E-state index contributed by atoms with van der Waals surface area (Å²) in [6, 6.07) is 7.31. The second-order valence-corrected chi connectivity index (χ2v) is 10.9. The summed E-state index contributed by atoms with van der Waals surface area (Å²) in [5, 5.41) is 5.19. The van der Waals surface area contributed by atoms with Crippen LogP contribution < -0.4 is 15.4 Å². The number of hydrogen-bond donors (Lipinski definition) is 3. The van der Waals surface area contributed by atoms with E-state index in [0.717, 1.165) is 24.1 Å². The fourth-order valence-electron chi connectivity index (χ4n) is 3.45. The van der Waals surface area contributed by atoms with E-state index < -0.39 is 45.6 Å². The summed E-state index contributed by atoms with van der Waals surface area (Å²) in [6.45, 7) is 3.75. The van der Waals surface area contributed by atoms with E-state index in [1.165, 1.54) is 23.7 Å². The van der Waals surface area contributed by atoms with E-state index >= 15 is 0 Å². The van der Waals surface area contributed by atoms with Crippen LogP contribution in [0.1, 0.15) is 37.3 Å². The Bertz CT molecular complexity index is 1100. The van der Waals surface area contributed by atoms with E-state index in [-0.39, 0.29) is 11.3 Å². The largest absolute Gasteiger partial charge is 0.349 e. The Labute approximate surface area is 197 Å². The molecule has 0 fully saturated rings. The third kappa shape index (κ3) is 6.68. The minimum Gasteiger partial charge on any atom is -0.349 e. The monoisotopic (exact) mass is 492 g/mol. The van der Waals surface area contributed by atoms with Crippen LogP contribution >= 0.6 is 11.5 Å². The lowest BCUT2D eigenvalue weighted by atomic mass is 10.0. The minimum atomic E-state index is -3.97. The highest BCUT2D eigenvalue weighted by Crippen LogP contribution is 2.16. The summed E-state index contributed by atoms with van der Waals surface area (Å²) in [6.07, 6.45) is 2.47. The zero-order valence-electron chi connectivity index (χ0n) is 18.5. The van der Waals surface area contributed by atoms with Gasteiger partial charge in [-0.25, -0.2) is 8.42 Å². The highest BCUT2D eigenvalue weighted by atomic mass is 32.2. The van der Waals surface area contributed by atoms with Gasteiger partial charge in [0.05, 0.1) is 10.6 Å². The van der Waals surface area contributed by atoms with Crippen LogP contribution in [0.3, 0.4) is 0 Å². The van der Waals surface area contributed by atoms with Crippen molar-refractivity contribution in [2.45, 2.75) is 56.5 Å². The van der Waals surface area contributed by atoms with Gasteiger partial charge in [-0.15, -0.1) is 0 Å². The minimum absolute atomic E-state index is 0.0277. The molecule has 0 saturated heterocycles. The van der Waals surface area contributed by atoms with E-state index in [1.807, 2.05) is 6.07 Å². The molecule has 178 valence electrons. The van der Waals surface area contributed by atoms with Crippen LogP contribution in [0.4, 0.5) is 0 Å². The maximum Gasteiger partial charge on any atom is 0.289 e. The number of aromatic nitrogens is 1. The van der Waals surface area contributed by atoms with Gasteiger partial charge in [0.25, 0.3) is 5.91 Å². The van der Waals surface area contributed by atoms with Crippen LogP contribution in [0.2, 0.25) is 0 Å². The molecule has 3 N–H and O–H groups in total. The van der Waals surface area contributed by atoms with Gasteiger partial charge >= 0.3 is 0 Å². The number of nitrogens with one attached hydrogen (secondary N) is 3. The van der Waals surface area contributed by atoms with Crippen molar-refractivity contribution in [2.24, 2.45) is 5.92 Å². The number of sulfonamides is 1. The van der Waals surface area contributed by atoms with Crippen molar-refractivity contribution in [1.82, 2.24) is 19.7 Å². The summed E-state index contributed by atoms with van der Waals surface area (Å²) in [7, 11) is -3.97. The molecular weight excluding hydrogens is 464 g/mol. The number of ketones is 1. The number of carbonyl (C=O) groups excluding carboxylic acids is 3. The maximum absolute atomic E-state index is 13.1. The topological polar surface area (TPSA) is 134 Å². The number of carbonyl (C=O) groups is 3. The number of hydrogen-bond acceptors (Lipinski definition) is 7. The number of amides is 2. The lowest BCUT2D eigenvalue weighted by molar-refractivity contribution is -0.140. The van der Waals surface area contributed by atoms with E-state index in [4.69, 9.17) is 0 Å². The van der Waals surface area contributed by atoms with Crippen LogP contribution in [0.25, 0.3) is 0 Å². The molecule has 2 heterocycles. The van der Waals surface area contributed by atoms with Crippen molar-refractivity contribution < 1.29 is 22.8 Å². The number of benzene rings is 1. The molecule has 2 unspecified atom stereocenters. The first kappa shape index (κ1) is 25.0. The standard InChI is InChI=1S/C22H28N4O5S2/c1-14(2)19(26-33(30,31)17-9-4-3-5-10-17)21(28)24-18-13-15-12-16(32-25-15)8-6-7-11-23-22(29)20(18)27/h3-5,9-10,12,14,18-19,26H,6-8,11,13H2,1-2H3,(H,23,29)(H,24,28). The first-order valence-corrected chi connectivity index (χ1v) is 13.1. The van der Waals surface area contributed by atoms with Gasteiger partial charge in [0, 0.05) is 17.8 Å². The molecule has 0 spiro atoms. The van der Waals surface area contributed by atoms with E-state index in [2.05, 4.69) is 19.7 Å². The molecule has 2 atom stereocenters. The molecule has 1 aromatic carbocycles.